The lowest BCUT2D eigenvalue weighted by molar-refractivity contribution is 0.0929. The Morgan fingerprint density at radius 1 is 1.20 bits per heavy atom. The third-order valence-electron chi connectivity index (χ3n) is 3.10. The quantitative estimate of drug-likeness (QED) is 0.782. The van der Waals surface area contributed by atoms with Gasteiger partial charge in [0.1, 0.15) is 0 Å². The molecule has 1 amide bonds. The molecule has 0 heterocycles. The van der Waals surface area contributed by atoms with Gasteiger partial charge < -0.3 is 10.2 Å². The van der Waals surface area contributed by atoms with Crippen molar-refractivity contribution in [3.63, 3.8) is 0 Å². The number of halogens is 1. The summed E-state index contributed by atoms with van der Waals surface area (Å²) in [5.74, 6) is -0.00190. The molecule has 0 bridgehead atoms. The molecule has 0 saturated heterocycles. The molecule has 4 heteroatoms. The Morgan fingerprint density at radius 2 is 1.75 bits per heavy atom. The minimum atomic E-state index is -0.00190. The average Bonchev–Trinajstić information content (AvgIpc) is 2.39. The van der Waals surface area contributed by atoms with E-state index < -0.39 is 0 Å². The Labute approximate surface area is 130 Å². The molecular weight excluding hydrogens is 316 g/mol. The van der Waals surface area contributed by atoms with Crippen LogP contribution in [-0.4, -0.2) is 36.5 Å². The highest BCUT2D eigenvalue weighted by Gasteiger charge is 2.12. The normalized spacial score (nSPS) is 12.4. The van der Waals surface area contributed by atoms with E-state index in [-0.39, 0.29) is 11.9 Å². The second kappa shape index (κ2) is 9.14. The fraction of sp³-hybridized carbons (Fsp3) is 0.562. The number of benzene rings is 1. The second-order valence-electron chi connectivity index (χ2n) is 5.18. The second-order valence-corrected chi connectivity index (χ2v) is 6.10. The maximum Gasteiger partial charge on any atom is 0.251 e. The first-order chi connectivity index (χ1) is 9.56. The van der Waals surface area contributed by atoms with Gasteiger partial charge in [0.25, 0.3) is 5.91 Å². The molecule has 0 radical (unpaired) electrons. The van der Waals surface area contributed by atoms with Gasteiger partial charge in [-0.1, -0.05) is 29.8 Å². The Kier molecular flexibility index (Phi) is 7.85. The predicted octanol–water partition coefficient (Wildman–Crippen LogP) is 3.69. The summed E-state index contributed by atoms with van der Waals surface area (Å²) in [6, 6.07) is 7.61. The topological polar surface area (TPSA) is 32.3 Å². The van der Waals surface area contributed by atoms with E-state index in [2.05, 4.69) is 46.9 Å². The van der Waals surface area contributed by atoms with Gasteiger partial charge >= 0.3 is 0 Å². The van der Waals surface area contributed by atoms with Gasteiger partial charge in [-0.05, 0) is 57.1 Å². The highest BCUT2D eigenvalue weighted by atomic mass is 79.9. The number of nitrogens with one attached hydrogen (secondary N) is 1. The van der Waals surface area contributed by atoms with Crippen molar-refractivity contribution < 1.29 is 4.79 Å². The maximum absolute atomic E-state index is 12.1. The number of carbonyl (C=O) groups excluding carboxylic acids is 1. The summed E-state index contributed by atoms with van der Waals surface area (Å²) in [6.07, 6.45) is 2.29. The molecule has 0 saturated carbocycles. The molecule has 3 nitrogen and oxygen atoms in total. The van der Waals surface area contributed by atoms with Crippen molar-refractivity contribution in [2.24, 2.45) is 0 Å². The van der Waals surface area contributed by atoms with Gasteiger partial charge in [-0.3, -0.25) is 4.79 Å². The Morgan fingerprint density at radius 3 is 2.25 bits per heavy atom. The molecule has 1 rings (SSSR count). The molecule has 0 aliphatic carbocycles. The molecule has 1 atom stereocenters. The Hall–Kier alpha value is -0.870. The van der Waals surface area contributed by atoms with Crippen molar-refractivity contribution in [3.05, 3.63) is 34.3 Å². The van der Waals surface area contributed by atoms with E-state index in [9.17, 15) is 4.79 Å². The van der Waals surface area contributed by atoms with Gasteiger partial charge in [0, 0.05) is 22.6 Å². The number of amides is 1. The van der Waals surface area contributed by atoms with Crippen LogP contribution in [0.5, 0.6) is 0 Å². The van der Waals surface area contributed by atoms with E-state index in [0.29, 0.717) is 5.56 Å². The molecule has 0 aromatic heterocycles. The number of hydrogen-bond acceptors (Lipinski definition) is 2. The molecule has 0 spiro atoms. The zero-order valence-electron chi connectivity index (χ0n) is 12.7. The van der Waals surface area contributed by atoms with Crippen molar-refractivity contribution in [1.82, 2.24) is 10.2 Å². The first kappa shape index (κ1) is 17.2. The Balaban J connectivity index is 2.49. The number of hydrogen-bond donors (Lipinski definition) is 1. The van der Waals surface area contributed by atoms with Crippen molar-refractivity contribution in [1.29, 1.82) is 0 Å². The summed E-state index contributed by atoms with van der Waals surface area (Å²) < 4.78 is 0.985. The standard InChI is InChI=1S/C16H25BrN2O/c1-4-10-19(11-5-2)12-13(3)18-16(20)14-6-8-15(17)9-7-14/h6-9,13H,4-5,10-12H2,1-3H3,(H,18,20). The van der Waals surface area contributed by atoms with Crippen LogP contribution in [0, 0.1) is 0 Å². The van der Waals surface area contributed by atoms with Gasteiger partial charge in [0.15, 0.2) is 0 Å². The minimum Gasteiger partial charge on any atom is -0.348 e. The van der Waals surface area contributed by atoms with E-state index >= 15 is 0 Å². The zero-order valence-corrected chi connectivity index (χ0v) is 14.2. The fourth-order valence-electron chi connectivity index (χ4n) is 2.27. The van der Waals surface area contributed by atoms with Crippen molar-refractivity contribution in [3.8, 4) is 0 Å². The third kappa shape index (κ3) is 6.06. The summed E-state index contributed by atoms with van der Waals surface area (Å²) in [5, 5.41) is 3.07. The molecule has 0 fully saturated rings. The highest BCUT2D eigenvalue weighted by molar-refractivity contribution is 9.10. The van der Waals surface area contributed by atoms with Crippen molar-refractivity contribution >= 4 is 21.8 Å². The highest BCUT2D eigenvalue weighted by Crippen LogP contribution is 2.10. The average molecular weight is 341 g/mol. The Bertz CT molecular complexity index is 399. The van der Waals surface area contributed by atoms with Gasteiger partial charge in [-0.2, -0.15) is 0 Å². The van der Waals surface area contributed by atoms with Gasteiger partial charge in [-0.15, -0.1) is 0 Å². The molecule has 112 valence electrons. The first-order valence-corrected chi connectivity index (χ1v) is 8.14. The summed E-state index contributed by atoms with van der Waals surface area (Å²) in [7, 11) is 0. The lowest BCUT2D eigenvalue weighted by atomic mass is 10.2. The first-order valence-electron chi connectivity index (χ1n) is 7.35. The molecule has 0 aliphatic heterocycles. The van der Waals surface area contributed by atoms with Crippen molar-refractivity contribution in [2.75, 3.05) is 19.6 Å². The van der Waals surface area contributed by atoms with E-state index in [1.54, 1.807) is 0 Å². The molecule has 1 N–H and O–H groups in total. The minimum absolute atomic E-state index is 0.00190. The van der Waals surface area contributed by atoms with E-state index in [1.807, 2.05) is 24.3 Å². The lowest BCUT2D eigenvalue weighted by Crippen LogP contribution is -2.42. The van der Waals surface area contributed by atoms with Gasteiger partial charge in [0.05, 0.1) is 0 Å². The van der Waals surface area contributed by atoms with Crippen LogP contribution in [-0.2, 0) is 0 Å². The van der Waals surface area contributed by atoms with Crippen LogP contribution < -0.4 is 5.32 Å². The zero-order chi connectivity index (χ0) is 15.0. The summed E-state index contributed by atoms with van der Waals surface area (Å²) in [4.78, 5) is 14.5. The molecule has 1 aromatic carbocycles. The third-order valence-corrected chi connectivity index (χ3v) is 3.62. The molecule has 20 heavy (non-hydrogen) atoms. The smallest absolute Gasteiger partial charge is 0.251 e. The van der Waals surface area contributed by atoms with Crippen LogP contribution in [0.15, 0.2) is 28.7 Å². The summed E-state index contributed by atoms with van der Waals surface area (Å²) in [6.45, 7) is 9.53. The summed E-state index contributed by atoms with van der Waals surface area (Å²) in [5.41, 5.74) is 0.706. The van der Waals surface area contributed by atoms with E-state index in [1.165, 1.54) is 0 Å². The molecule has 1 unspecified atom stereocenters. The number of rotatable bonds is 8. The SMILES string of the molecule is CCCN(CCC)CC(C)NC(=O)c1ccc(Br)cc1. The van der Waals surface area contributed by atoms with Crippen LogP contribution in [0.3, 0.4) is 0 Å². The van der Waals surface area contributed by atoms with Gasteiger partial charge in [-0.25, -0.2) is 0 Å². The number of carbonyl (C=O) groups is 1. The summed E-state index contributed by atoms with van der Waals surface area (Å²) >= 11 is 3.37. The molecular formula is C16H25BrN2O. The largest absolute Gasteiger partial charge is 0.348 e. The maximum atomic E-state index is 12.1. The van der Waals surface area contributed by atoms with Crippen LogP contribution in [0.2, 0.25) is 0 Å². The number of nitrogens with zero attached hydrogens (tertiary/aromatic N) is 1. The van der Waals surface area contributed by atoms with Crippen LogP contribution >= 0.6 is 15.9 Å². The lowest BCUT2D eigenvalue weighted by Gasteiger charge is -2.25. The van der Waals surface area contributed by atoms with Gasteiger partial charge in [0.2, 0.25) is 0 Å². The van der Waals surface area contributed by atoms with E-state index in [4.69, 9.17) is 0 Å². The van der Waals surface area contributed by atoms with E-state index in [0.717, 1.165) is 36.9 Å². The van der Waals surface area contributed by atoms with Crippen LogP contribution in [0.25, 0.3) is 0 Å². The van der Waals surface area contributed by atoms with Crippen LogP contribution in [0.1, 0.15) is 44.0 Å². The van der Waals surface area contributed by atoms with Crippen LogP contribution in [0.4, 0.5) is 0 Å². The molecule has 1 aromatic rings. The predicted molar refractivity (Wildman–Crippen MR) is 88.1 cm³/mol. The monoisotopic (exact) mass is 340 g/mol. The molecule has 0 aliphatic rings. The van der Waals surface area contributed by atoms with Crippen molar-refractivity contribution in [2.45, 2.75) is 39.7 Å². The fourth-order valence-corrected chi connectivity index (χ4v) is 2.53.